The van der Waals surface area contributed by atoms with E-state index in [9.17, 15) is 13.2 Å². The van der Waals surface area contributed by atoms with Gasteiger partial charge in [0, 0.05) is 13.1 Å². The SMILES string of the molecule is CS(=O)(=O)N(CC1CNCCC12CC2)C(=O)O. The van der Waals surface area contributed by atoms with Crippen molar-refractivity contribution in [3.05, 3.63) is 0 Å². The second kappa shape index (κ2) is 4.13. The average molecular weight is 262 g/mol. The molecule has 0 aromatic heterocycles. The lowest BCUT2D eigenvalue weighted by Crippen LogP contribution is -2.47. The zero-order valence-corrected chi connectivity index (χ0v) is 10.7. The molecule has 0 aromatic rings. The van der Waals surface area contributed by atoms with Gasteiger partial charge in [-0.1, -0.05) is 0 Å². The molecule has 1 aliphatic heterocycles. The fourth-order valence-electron chi connectivity index (χ4n) is 2.67. The van der Waals surface area contributed by atoms with Crippen molar-refractivity contribution in [2.75, 3.05) is 25.9 Å². The van der Waals surface area contributed by atoms with Gasteiger partial charge in [0.25, 0.3) is 0 Å². The molecule has 1 unspecified atom stereocenters. The second-order valence-electron chi connectivity index (χ2n) is 5.09. The van der Waals surface area contributed by atoms with E-state index in [1.165, 1.54) is 0 Å². The van der Waals surface area contributed by atoms with E-state index in [0.717, 1.165) is 32.1 Å². The van der Waals surface area contributed by atoms with Crippen molar-refractivity contribution >= 4 is 16.1 Å². The Balaban J connectivity index is 2.10. The molecule has 0 radical (unpaired) electrons. The number of nitrogens with zero attached hydrogens (tertiary/aromatic N) is 1. The van der Waals surface area contributed by atoms with Gasteiger partial charge in [-0.15, -0.1) is 0 Å². The highest BCUT2D eigenvalue weighted by Crippen LogP contribution is 2.56. The van der Waals surface area contributed by atoms with Gasteiger partial charge in [-0.25, -0.2) is 17.5 Å². The lowest BCUT2D eigenvalue weighted by molar-refractivity contribution is 0.149. The standard InChI is InChI=1S/C10H18N2O4S/c1-17(15,16)12(9(13)14)7-8-6-11-5-4-10(8)2-3-10/h8,11H,2-7H2,1H3,(H,13,14). The first kappa shape index (κ1) is 12.6. The van der Waals surface area contributed by atoms with Crippen molar-refractivity contribution in [2.45, 2.75) is 19.3 Å². The maximum Gasteiger partial charge on any atom is 0.421 e. The molecule has 2 aliphatic rings. The topological polar surface area (TPSA) is 86.7 Å². The molecule has 6 nitrogen and oxygen atoms in total. The van der Waals surface area contributed by atoms with Crippen LogP contribution in [-0.2, 0) is 10.0 Å². The highest BCUT2D eigenvalue weighted by atomic mass is 32.2. The third-order valence-corrected chi connectivity index (χ3v) is 5.05. The molecule has 1 saturated carbocycles. The molecule has 2 N–H and O–H groups in total. The van der Waals surface area contributed by atoms with Crippen LogP contribution in [0.25, 0.3) is 0 Å². The quantitative estimate of drug-likeness (QED) is 0.764. The van der Waals surface area contributed by atoms with E-state index in [-0.39, 0.29) is 17.9 Å². The molecular formula is C10H18N2O4S. The highest BCUT2D eigenvalue weighted by molar-refractivity contribution is 7.88. The summed E-state index contributed by atoms with van der Waals surface area (Å²) in [7, 11) is -3.68. The summed E-state index contributed by atoms with van der Waals surface area (Å²) in [5, 5.41) is 12.2. The van der Waals surface area contributed by atoms with Crippen molar-refractivity contribution in [2.24, 2.45) is 11.3 Å². The second-order valence-corrected chi connectivity index (χ2v) is 7.00. The van der Waals surface area contributed by atoms with Gasteiger partial charge in [0.15, 0.2) is 0 Å². The molecule has 0 bridgehead atoms. The minimum absolute atomic E-state index is 0.0845. The summed E-state index contributed by atoms with van der Waals surface area (Å²) < 4.78 is 23.4. The molecular weight excluding hydrogens is 244 g/mol. The molecule has 17 heavy (non-hydrogen) atoms. The largest absolute Gasteiger partial charge is 0.464 e. The van der Waals surface area contributed by atoms with Gasteiger partial charge in [0.05, 0.1) is 6.26 Å². The number of rotatable bonds is 3. The number of sulfonamides is 1. The predicted molar refractivity (Wildman–Crippen MR) is 62.2 cm³/mol. The highest BCUT2D eigenvalue weighted by Gasteiger charge is 2.51. The molecule has 2 fully saturated rings. The number of nitrogens with one attached hydrogen (secondary N) is 1. The summed E-state index contributed by atoms with van der Waals surface area (Å²) in [5.74, 6) is 0.113. The number of hydrogen-bond donors (Lipinski definition) is 2. The molecule has 1 heterocycles. The number of carbonyl (C=O) groups is 1. The summed E-state index contributed by atoms with van der Waals surface area (Å²) in [6, 6.07) is 0. The van der Waals surface area contributed by atoms with Gasteiger partial charge in [-0.2, -0.15) is 0 Å². The maximum atomic E-state index is 11.4. The Morgan fingerprint density at radius 2 is 2.12 bits per heavy atom. The Labute approximate surface area is 101 Å². The van der Waals surface area contributed by atoms with Gasteiger partial charge in [-0.05, 0) is 37.1 Å². The maximum absolute atomic E-state index is 11.4. The van der Waals surface area contributed by atoms with E-state index in [2.05, 4.69) is 5.32 Å². The van der Waals surface area contributed by atoms with Crippen molar-refractivity contribution < 1.29 is 18.3 Å². The van der Waals surface area contributed by atoms with Crippen LogP contribution in [0.2, 0.25) is 0 Å². The van der Waals surface area contributed by atoms with Crippen molar-refractivity contribution in [3.8, 4) is 0 Å². The van der Waals surface area contributed by atoms with Gasteiger partial charge in [-0.3, -0.25) is 0 Å². The third kappa shape index (κ3) is 2.55. The molecule has 1 aliphatic carbocycles. The minimum atomic E-state index is -3.68. The van der Waals surface area contributed by atoms with Crippen LogP contribution in [-0.4, -0.2) is 49.8 Å². The Bertz CT molecular complexity index is 416. The van der Waals surface area contributed by atoms with Gasteiger partial charge in [0.2, 0.25) is 10.0 Å². The van der Waals surface area contributed by atoms with Crippen LogP contribution in [0, 0.1) is 11.3 Å². The number of amides is 1. The molecule has 1 spiro atoms. The van der Waals surface area contributed by atoms with Crippen molar-refractivity contribution in [1.29, 1.82) is 0 Å². The van der Waals surface area contributed by atoms with E-state index in [4.69, 9.17) is 5.11 Å². The van der Waals surface area contributed by atoms with Crippen LogP contribution < -0.4 is 5.32 Å². The first-order chi connectivity index (χ1) is 7.85. The van der Waals surface area contributed by atoms with E-state index in [0.29, 0.717) is 10.8 Å². The summed E-state index contributed by atoms with van der Waals surface area (Å²) >= 11 is 0. The first-order valence-electron chi connectivity index (χ1n) is 5.76. The van der Waals surface area contributed by atoms with E-state index >= 15 is 0 Å². The Hall–Kier alpha value is -0.820. The third-order valence-electron chi connectivity index (χ3n) is 3.95. The summed E-state index contributed by atoms with van der Waals surface area (Å²) in [6.45, 7) is 1.74. The number of hydrogen-bond acceptors (Lipinski definition) is 4. The zero-order valence-electron chi connectivity index (χ0n) is 9.85. The van der Waals surface area contributed by atoms with E-state index in [1.807, 2.05) is 0 Å². The Morgan fingerprint density at radius 1 is 1.47 bits per heavy atom. The van der Waals surface area contributed by atoms with Gasteiger partial charge < -0.3 is 10.4 Å². The van der Waals surface area contributed by atoms with Gasteiger partial charge >= 0.3 is 6.09 Å². The molecule has 1 atom stereocenters. The molecule has 1 amide bonds. The first-order valence-corrected chi connectivity index (χ1v) is 7.61. The van der Waals surface area contributed by atoms with Crippen molar-refractivity contribution in [3.63, 3.8) is 0 Å². The fourth-order valence-corrected chi connectivity index (χ4v) is 3.40. The summed E-state index contributed by atoms with van der Waals surface area (Å²) in [6.07, 6.45) is 2.77. The van der Waals surface area contributed by atoms with Crippen LogP contribution in [0.15, 0.2) is 0 Å². The summed E-state index contributed by atoms with van der Waals surface area (Å²) in [5.41, 5.74) is 0.198. The monoisotopic (exact) mass is 262 g/mol. The summed E-state index contributed by atoms with van der Waals surface area (Å²) in [4.78, 5) is 11.0. The van der Waals surface area contributed by atoms with Crippen LogP contribution in [0.5, 0.6) is 0 Å². The van der Waals surface area contributed by atoms with E-state index < -0.39 is 16.1 Å². The Kier molecular flexibility index (Phi) is 3.07. The molecule has 0 aromatic carbocycles. The zero-order chi connectivity index (χ0) is 12.7. The van der Waals surface area contributed by atoms with Gasteiger partial charge in [0.1, 0.15) is 0 Å². The minimum Gasteiger partial charge on any atom is -0.464 e. The molecule has 7 heteroatoms. The lowest BCUT2D eigenvalue weighted by Gasteiger charge is -2.34. The van der Waals surface area contributed by atoms with Crippen LogP contribution in [0.1, 0.15) is 19.3 Å². The number of piperidine rings is 1. The van der Waals surface area contributed by atoms with Crippen LogP contribution >= 0.6 is 0 Å². The lowest BCUT2D eigenvalue weighted by atomic mass is 9.83. The Morgan fingerprint density at radius 3 is 2.59 bits per heavy atom. The van der Waals surface area contributed by atoms with E-state index in [1.54, 1.807) is 0 Å². The van der Waals surface area contributed by atoms with Crippen LogP contribution in [0.4, 0.5) is 4.79 Å². The molecule has 98 valence electrons. The smallest absolute Gasteiger partial charge is 0.421 e. The molecule has 2 rings (SSSR count). The van der Waals surface area contributed by atoms with Crippen molar-refractivity contribution in [1.82, 2.24) is 9.62 Å². The predicted octanol–water partition coefficient (Wildman–Crippen LogP) is 0.316. The fraction of sp³-hybridized carbons (Fsp3) is 0.900. The number of carboxylic acid groups (broad SMARTS) is 1. The molecule has 1 saturated heterocycles. The van der Waals surface area contributed by atoms with Crippen LogP contribution in [0.3, 0.4) is 0 Å². The average Bonchev–Trinajstić information content (AvgIpc) is 2.95. The normalized spacial score (nSPS) is 26.8.